The van der Waals surface area contributed by atoms with Gasteiger partial charge in [0.1, 0.15) is 17.7 Å². The summed E-state index contributed by atoms with van der Waals surface area (Å²) in [7, 11) is 0. The van der Waals surface area contributed by atoms with Crippen molar-refractivity contribution >= 4 is 23.5 Å². The van der Waals surface area contributed by atoms with Crippen LogP contribution in [0.15, 0.2) is 60.7 Å². The number of urea groups is 1. The van der Waals surface area contributed by atoms with Crippen LogP contribution in [0.2, 0.25) is 0 Å². The molecular formula is C29H31FN4O4. The van der Waals surface area contributed by atoms with Crippen LogP contribution in [-0.4, -0.2) is 53.8 Å². The maximum atomic E-state index is 13.6. The lowest BCUT2D eigenvalue weighted by Gasteiger charge is -2.35. The number of amides is 4. The Bertz CT molecular complexity index is 1350. The van der Waals surface area contributed by atoms with Crippen molar-refractivity contribution in [1.82, 2.24) is 9.80 Å². The van der Waals surface area contributed by atoms with E-state index in [2.05, 4.69) is 5.32 Å². The first-order valence-electron chi connectivity index (χ1n) is 12.4. The second kappa shape index (κ2) is 11.3. The highest BCUT2D eigenvalue weighted by atomic mass is 19.1. The lowest BCUT2D eigenvalue weighted by molar-refractivity contribution is 0.0671. The number of primary amides is 1. The number of halogens is 1. The molecule has 3 N–H and O–H groups in total. The summed E-state index contributed by atoms with van der Waals surface area (Å²) in [5.74, 6) is -1.36. The number of carbonyl (C=O) groups is 3. The number of hydrogen-bond donors (Lipinski definition) is 2. The van der Waals surface area contributed by atoms with E-state index in [1.54, 1.807) is 34.9 Å². The zero-order valence-electron chi connectivity index (χ0n) is 21.7. The van der Waals surface area contributed by atoms with E-state index in [0.29, 0.717) is 37.3 Å². The Labute approximate surface area is 221 Å². The van der Waals surface area contributed by atoms with Gasteiger partial charge in [-0.25, -0.2) is 9.18 Å². The minimum Gasteiger partial charge on any atom is -0.485 e. The Morgan fingerprint density at radius 2 is 1.58 bits per heavy atom. The van der Waals surface area contributed by atoms with Crippen molar-refractivity contribution in [3.05, 3.63) is 94.3 Å². The average molecular weight is 519 g/mol. The molecule has 1 aliphatic heterocycles. The summed E-state index contributed by atoms with van der Waals surface area (Å²) in [5, 5.41) is 2.94. The molecule has 4 amide bonds. The van der Waals surface area contributed by atoms with E-state index in [-0.39, 0.29) is 23.3 Å². The molecule has 1 atom stereocenters. The zero-order chi connectivity index (χ0) is 27.4. The Morgan fingerprint density at radius 3 is 2.24 bits per heavy atom. The molecule has 3 aromatic carbocycles. The van der Waals surface area contributed by atoms with Gasteiger partial charge in [-0.1, -0.05) is 18.2 Å². The van der Waals surface area contributed by atoms with Crippen molar-refractivity contribution in [3.63, 3.8) is 0 Å². The number of nitrogens with two attached hydrogens (primary N) is 1. The minimum absolute atomic E-state index is 0.0523. The van der Waals surface area contributed by atoms with Gasteiger partial charge in [0.05, 0.1) is 5.56 Å². The first-order chi connectivity index (χ1) is 18.1. The molecule has 1 heterocycles. The van der Waals surface area contributed by atoms with E-state index in [1.807, 2.05) is 38.1 Å². The number of hydrogen-bond acceptors (Lipinski definition) is 4. The SMILES string of the molecule is Cc1cc(C)cc(NC(=O)N2CCN(C(=O)c3cccc(C(C)Oc4ccc(F)cc4C(N)=O)c3)CC2)c1. The van der Waals surface area contributed by atoms with Crippen LogP contribution in [0.3, 0.4) is 0 Å². The molecular weight excluding hydrogens is 487 g/mol. The number of anilines is 1. The highest BCUT2D eigenvalue weighted by molar-refractivity contribution is 5.96. The number of benzene rings is 3. The standard InChI is InChI=1S/C29H31FN4O4/c1-18-13-19(2)15-24(14-18)32-29(37)34-11-9-33(10-12-34)28(36)22-6-4-5-21(16-22)20(3)38-26-8-7-23(30)17-25(26)27(31)35/h4-8,13-17,20H,9-12H2,1-3H3,(H2,31,35)(H,32,37). The average Bonchev–Trinajstić information content (AvgIpc) is 2.88. The monoisotopic (exact) mass is 518 g/mol. The molecule has 0 bridgehead atoms. The smallest absolute Gasteiger partial charge is 0.321 e. The summed E-state index contributed by atoms with van der Waals surface area (Å²) in [4.78, 5) is 41.1. The third-order valence-electron chi connectivity index (χ3n) is 6.44. The summed E-state index contributed by atoms with van der Waals surface area (Å²) in [6.45, 7) is 7.39. The number of ether oxygens (including phenoxy) is 1. The predicted octanol–water partition coefficient (Wildman–Crippen LogP) is 4.67. The molecule has 1 unspecified atom stereocenters. The van der Waals surface area contributed by atoms with Gasteiger partial charge in [0.2, 0.25) is 0 Å². The molecule has 8 nitrogen and oxygen atoms in total. The number of piperazine rings is 1. The van der Waals surface area contributed by atoms with Gasteiger partial charge in [-0.3, -0.25) is 9.59 Å². The summed E-state index contributed by atoms with van der Waals surface area (Å²) >= 11 is 0. The van der Waals surface area contributed by atoms with E-state index < -0.39 is 17.8 Å². The predicted molar refractivity (Wildman–Crippen MR) is 143 cm³/mol. The van der Waals surface area contributed by atoms with E-state index in [4.69, 9.17) is 10.5 Å². The van der Waals surface area contributed by atoms with Crippen LogP contribution in [0.4, 0.5) is 14.9 Å². The van der Waals surface area contributed by atoms with Gasteiger partial charge in [-0.15, -0.1) is 0 Å². The molecule has 1 saturated heterocycles. The second-order valence-corrected chi connectivity index (χ2v) is 9.48. The van der Waals surface area contributed by atoms with Crippen LogP contribution in [0.1, 0.15) is 50.4 Å². The van der Waals surface area contributed by atoms with Gasteiger partial charge < -0.3 is 25.6 Å². The number of carbonyl (C=O) groups excluding carboxylic acids is 3. The van der Waals surface area contributed by atoms with E-state index in [9.17, 15) is 18.8 Å². The number of nitrogens with one attached hydrogen (secondary N) is 1. The Kier molecular flexibility index (Phi) is 7.95. The van der Waals surface area contributed by atoms with Crippen LogP contribution in [-0.2, 0) is 0 Å². The zero-order valence-corrected chi connectivity index (χ0v) is 21.7. The van der Waals surface area contributed by atoms with Gasteiger partial charge in [-0.2, -0.15) is 0 Å². The van der Waals surface area contributed by atoms with Gasteiger partial charge >= 0.3 is 6.03 Å². The Morgan fingerprint density at radius 1 is 0.921 bits per heavy atom. The van der Waals surface area contributed by atoms with Gasteiger partial charge in [-0.05, 0) is 79.9 Å². The van der Waals surface area contributed by atoms with Gasteiger partial charge in [0.15, 0.2) is 0 Å². The molecule has 0 spiro atoms. The topological polar surface area (TPSA) is 105 Å². The Balaban J connectivity index is 1.37. The van der Waals surface area contributed by atoms with Crippen LogP contribution in [0.5, 0.6) is 5.75 Å². The largest absolute Gasteiger partial charge is 0.485 e. The van der Waals surface area contributed by atoms with Crippen molar-refractivity contribution in [2.24, 2.45) is 5.73 Å². The first kappa shape index (κ1) is 26.7. The van der Waals surface area contributed by atoms with Crippen LogP contribution in [0.25, 0.3) is 0 Å². The lowest BCUT2D eigenvalue weighted by atomic mass is 10.1. The number of aryl methyl sites for hydroxylation is 2. The number of nitrogens with zero attached hydrogens (tertiary/aromatic N) is 2. The number of rotatable bonds is 6. The highest BCUT2D eigenvalue weighted by Gasteiger charge is 2.25. The minimum atomic E-state index is -0.794. The van der Waals surface area contributed by atoms with E-state index in [1.165, 1.54) is 12.1 Å². The van der Waals surface area contributed by atoms with Crippen molar-refractivity contribution < 1.29 is 23.5 Å². The highest BCUT2D eigenvalue weighted by Crippen LogP contribution is 2.27. The molecule has 0 radical (unpaired) electrons. The molecule has 38 heavy (non-hydrogen) atoms. The molecule has 0 saturated carbocycles. The van der Waals surface area contributed by atoms with Gasteiger partial charge in [0, 0.05) is 37.4 Å². The Hall–Kier alpha value is -4.40. The fourth-order valence-corrected chi connectivity index (χ4v) is 4.53. The lowest BCUT2D eigenvalue weighted by Crippen LogP contribution is -2.51. The van der Waals surface area contributed by atoms with Gasteiger partial charge in [0.25, 0.3) is 11.8 Å². The van der Waals surface area contributed by atoms with Crippen molar-refractivity contribution in [2.45, 2.75) is 26.9 Å². The van der Waals surface area contributed by atoms with E-state index in [0.717, 1.165) is 22.9 Å². The van der Waals surface area contributed by atoms with E-state index >= 15 is 0 Å². The quantitative estimate of drug-likeness (QED) is 0.495. The summed E-state index contributed by atoms with van der Waals surface area (Å²) in [6, 6.07) is 16.3. The molecule has 3 aromatic rings. The molecule has 0 aliphatic carbocycles. The molecule has 198 valence electrons. The third kappa shape index (κ3) is 6.29. The normalized spacial score (nSPS) is 14.1. The second-order valence-electron chi connectivity index (χ2n) is 9.48. The first-order valence-corrected chi connectivity index (χ1v) is 12.4. The maximum absolute atomic E-state index is 13.6. The van der Waals surface area contributed by atoms with Crippen LogP contribution < -0.4 is 15.8 Å². The van der Waals surface area contributed by atoms with Crippen molar-refractivity contribution in [3.8, 4) is 5.75 Å². The summed E-state index contributed by atoms with van der Waals surface area (Å²) in [6.07, 6.45) is -0.530. The molecule has 1 aliphatic rings. The fraction of sp³-hybridized carbons (Fsp3) is 0.276. The summed E-state index contributed by atoms with van der Waals surface area (Å²) < 4.78 is 19.4. The summed E-state index contributed by atoms with van der Waals surface area (Å²) in [5.41, 5.74) is 9.40. The molecule has 4 rings (SSSR count). The molecule has 1 fully saturated rings. The van der Waals surface area contributed by atoms with Crippen LogP contribution in [0, 0.1) is 19.7 Å². The van der Waals surface area contributed by atoms with Crippen LogP contribution >= 0.6 is 0 Å². The van der Waals surface area contributed by atoms with Crippen molar-refractivity contribution in [1.29, 1.82) is 0 Å². The molecule has 9 heteroatoms. The fourth-order valence-electron chi connectivity index (χ4n) is 4.53. The molecule has 0 aromatic heterocycles. The maximum Gasteiger partial charge on any atom is 0.321 e. The third-order valence-corrected chi connectivity index (χ3v) is 6.44. The van der Waals surface area contributed by atoms with Crippen molar-refractivity contribution in [2.75, 3.05) is 31.5 Å².